The van der Waals surface area contributed by atoms with Crippen molar-refractivity contribution in [3.05, 3.63) is 0 Å². The molecule has 2 aliphatic rings. The van der Waals surface area contributed by atoms with Crippen molar-refractivity contribution in [1.29, 1.82) is 0 Å². The lowest BCUT2D eigenvalue weighted by molar-refractivity contribution is 0.0981. The molecular formula is C10H20N2O3S. The molecule has 2 rings (SSSR count). The average Bonchev–Trinajstić information content (AvgIpc) is 3.09. The summed E-state index contributed by atoms with van der Waals surface area (Å²) in [7, 11) is -3.17. The first-order chi connectivity index (χ1) is 7.58. The van der Waals surface area contributed by atoms with Gasteiger partial charge in [-0.15, -0.1) is 0 Å². The van der Waals surface area contributed by atoms with E-state index in [1.807, 2.05) is 0 Å². The molecule has 0 radical (unpaired) electrons. The van der Waals surface area contributed by atoms with E-state index in [2.05, 4.69) is 4.72 Å². The summed E-state index contributed by atoms with van der Waals surface area (Å²) in [5.41, 5.74) is 5.68. The Morgan fingerprint density at radius 2 is 1.94 bits per heavy atom. The van der Waals surface area contributed by atoms with Crippen molar-refractivity contribution in [3.8, 4) is 0 Å². The van der Waals surface area contributed by atoms with Gasteiger partial charge in [0.25, 0.3) is 0 Å². The lowest BCUT2D eigenvalue weighted by Gasteiger charge is -2.23. The minimum atomic E-state index is -3.17. The molecule has 0 spiro atoms. The topological polar surface area (TPSA) is 81.4 Å². The number of hydrogen-bond donors (Lipinski definition) is 2. The van der Waals surface area contributed by atoms with Crippen LogP contribution in [0.3, 0.4) is 0 Å². The number of rotatable bonds is 5. The van der Waals surface area contributed by atoms with Crippen LogP contribution in [-0.2, 0) is 14.8 Å². The molecule has 0 amide bonds. The summed E-state index contributed by atoms with van der Waals surface area (Å²) in [5.74, 6) is 0. The van der Waals surface area contributed by atoms with E-state index in [9.17, 15) is 8.42 Å². The van der Waals surface area contributed by atoms with Crippen LogP contribution >= 0.6 is 0 Å². The lowest BCUT2D eigenvalue weighted by atomic mass is 10.1. The standard InChI is InChI=1S/C10H20N2O3S/c11-7-10(3-4-10)8-12-16(13,14)9-1-5-15-6-2-9/h9,12H,1-8,11H2. The summed E-state index contributed by atoms with van der Waals surface area (Å²) in [6.07, 6.45) is 3.29. The maximum atomic E-state index is 12.0. The molecule has 0 bridgehead atoms. The molecule has 0 aromatic carbocycles. The van der Waals surface area contributed by atoms with Crippen molar-refractivity contribution in [1.82, 2.24) is 4.72 Å². The van der Waals surface area contributed by atoms with Crippen molar-refractivity contribution in [2.24, 2.45) is 11.1 Å². The summed E-state index contributed by atoms with van der Waals surface area (Å²) >= 11 is 0. The zero-order valence-electron chi connectivity index (χ0n) is 9.44. The Kier molecular flexibility index (Phi) is 3.53. The summed E-state index contributed by atoms with van der Waals surface area (Å²) in [6, 6.07) is 0. The second-order valence-electron chi connectivity index (χ2n) is 4.88. The number of nitrogens with one attached hydrogen (secondary N) is 1. The van der Waals surface area contributed by atoms with Gasteiger partial charge in [0.15, 0.2) is 0 Å². The fraction of sp³-hybridized carbons (Fsp3) is 1.00. The fourth-order valence-electron chi connectivity index (χ4n) is 1.99. The van der Waals surface area contributed by atoms with E-state index in [1.165, 1.54) is 0 Å². The molecular weight excluding hydrogens is 228 g/mol. The summed E-state index contributed by atoms with van der Waals surface area (Å²) in [4.78, 5) is 0. The van der Waals surface area contributed by atoms with Crippen LogP contribution in [0.5, 0.6) is 0 Å². The maximum absolute atomic E-state index is 12.0. The van der Waals surface area contributed by atoms with Crippen molar-refractivity contribution in [2.75, 3.05) is 26.3 Å². The fourth-order valence-corrected chi connectivity index (χ4v) is 3.54. The highest BCUT2D eigenvalue weighted by atomic mass is 32.2. The van der Waals surface area contributed by atoms with E-state index >= 15 is 0 Å². The van der Waals surface area contributed by atoms with Gasteiger partial charge in [-0.05, 0) is 37.6 Å². The average molecular weight is 248 g/mol. The second-order valence-corrected chi connectivity index (χ2v) is 6.93. The SMILES string of the molecule is NCC1(CNS(=O)(=O)C2CCOCC2)CC1. The van der Waals surface area contributed by atoms with Crippen LogP contribution in [0.4, 0.5) is 0 Å². The van der Waals surface area contributed by atoms with Gasteiger partial charge in [0, 0.05) is 19.8 Å². The number of hydrogen-bond acceptors (Lipinski definition) is 4. The summed E-state index contributed by atoms with van der Waals surface area (Å²) < 4.78 is 31.8. The molecule has 6 heteroatoms. The molecule has 0 aromatic heterocycles. The molecule has 0 unspecified atom stereocenters. The van der Waals surface area contributed by atoms with E-state index < -0.39 is 10.0 Å². The largest absolute Gasteiger partial charge is 0.381 e. The lowest BCUT2D eigenvalue weighted by Crippen LogP contribution is -2.41. The maximum Gasteiger partial charge on any atom is 0.214 e. The van der Waals surface area contributed by atoms with Gasteiger partial charge in [-0.2, -0.15) is 0 Å². The summed E-state index contributed by atoms with van der Waals surface area (Å²) in [5, 5.41) is -0.283. The highest BCUT2D eigenvalue weighted by Crippen LogP contribution is 2.43. The van der Waals surface area contributed by atoms with E-state index in [0.717, 1.165) is 12.8 Å². The predicted octanol–water partition coefficient (Wildman–Crippen LogP) is -0.176. The zero-order valence-corrected chi connectivity index (χ0v) is 10.3. The van der Waals surface area contributed by atoms with Gasteiger partial charge in [-0.1, -0.05) is 0 Å². The Morgan fingerprint density at radius 1 is 1.31 bits per heavy atom. The Bertz CT molecular complexity index is 332. The van der Waals surface area contributed by atoms with Crippen molar-refractivity contribution in [2.45, 2.75) is 30.9 Å². The van der Waals surface area contributed by atoms with E-state index in [0.29, 0.717) is 39.1 Å². The second kappa shape index (κ2) is 4.60. The van der Waals surface area contributed by atoms with Crippen LogP contribution in [0, 0.1) is 5.41 Å². The highest BCUT2D eigenvalue weighted by molar-refractivity contribution is 7.90. The number of sulfonamides is 1. The van der Waals surface area contributed by atoms with Gasteiger partial charge in [0.1, 0.15) is 0 Å². The molecule has 0 aromatic rings. The third-order valence-electron chi connectivity index (χ3n) is 3.65. The summed E-state index contributed by atoms with van der Waals surface area (Å²) in [6.45, 7) is 2.17. The van der Waals surface area contributed by atoms with E-state index in [-0.39, 0.29) is 10.7 Å². The predicted molar refractivity (Wildman–Crippen MR) is 61.5 cm³/mol. The smallest absolute Gasteiger partial charge is 0.214 e. The van der Waals surface area contributed by atoms with Crippen LogP contribution in [0.15, 0.2) is 0 Å². The molecule has 0 atom stereocenters. The highest BCUT2D eigenvalue weighted by Gasteiger charge is 2.42. The zero-order chi connectivity index (χ0) is 11.6. The molecule has 1 aliphatic heterocycles. The van der Waals surface area contributed by atoms with Crippen LogP contribution in [0.1, 0.15) is 25.7 Å². The normalized spacial score (nSPS) is 25.6. The number of nitrogens with two attached hydrogens (primary N) is 1. The van der Waals surface area contributed by atoms with E-state index in [1.54, 1.807) is 0 Å². The van der Waals surface area contributed by atoms with Gasteiger partial charge in [0.2, 0.25) is 10.0 Å². The van der Waals surface area contributed by atoms with Crippen molar-refractivity contribution < 1.29 is 13.2 Å². The first-order valence-electron chi connectivity index (χ1n) is 5.84. The molecule has 3 N–H and O–H groups in total. The van der Waals surface area contributed by atoms with Gasteiger partial charge >= 0.3 is 0 Å². The van der Waals surface area contributed by atoms with Gasteiger partial charge in [0.05, 0.1) is 5.25 Å². The van der Waals surface area contributed by atoms with Crippen molar-refractivity contribution >= 4 is 10.0 Å². The minimum Gasteiger partial charge on any atom is -0.381 e. The molecule has 2 fully saturated rings. The van der Waals surface area contributed by atoms with Crippen LogP contribution in [-0.4, -0.2) is 40.0 Å². The molecule has 94 valence electrons. The Hall–Kier alpha value is -0.170. The van der Waals surface area contributed by atoms with Crippen molar-refractivity contribution in [3.63, 3.8) is 0 Å². The molecule has 1 saturated heterocycles. The minimum absolute atomic E-state index is 0.0538. The first-order valence-corrected chi connectivity index (χ1v) is 7.39. The Labute approximate surface area is 96.8 Å². The van der Waals surface area contributed by atoms with Crippen LogP contribution in [0.25, 0.3) is 0 Å². The number of ether oxygens (including phenoxy) is 1. The third kappa shape index (κ3) is 2.74. The monoisotopic (exact) mass is 248 g/mol. The van der Waals surface area contributed by atoms with Crippen LogP contribution in [0.2, 0.25) is 0 Å². The molecule has 5 nitrogen and oxygen atoms in total. The molecule has 1 heterocycles. The molecule has 1 aliphatic carbocycles. The van der Waals surface area contributed by atoms with Gasteiger partial charge < -0.3 is 10.5 Å². The molecule has 1 saturated carbocycles. The van der Waals surface area contributed by atoms with Gasteiger partial charge in [-0.25, -0.2) is 13.1 Å². The Morgan fingerprint density at radius 3 is 2.44 bits per heavy atom. The molecule has 16 heavy (non-hydrogen) atoms. The van der Waals surface area contributed by atoms with Gasteiger partial charge in [-0.3, -0.25) is 0 Å². The third-order valence-corrected chi connectivity index (χ3v) is 5.54. The van der Waals surface area contributed by atoms with E-state index in [4.69, 9.17) is 10.5 Å². The first kappa shape index (κ1) is 12.3. The quantitative estimate of drug-likeness (QED) is 0.707. The Balaban J connectivity index is 1.87. The van der Waals surface area contributed by atoms with Crippen LogP contribution < -0.4 is 10.5 Å².